The SMILES string of the molecule is CCc1ccccc1OC(C)(C)C(=O)OC(C)(C)C. The average molecular weight is 264 g/mol. The van der Waals surface area contributed by atoms with Gasteiger partial charge in [0.25, 0.3) is 0 Å². The summed E-state index contributed by atoms with van der Waals surface area (Å²) >= 11 is 0. The predicted octanol–water partition coefficient (Wildman–Crippen LogP) is 3.75. The lowest BCUT2D eigenvalue weighted by atomic mass is 10.1. The molecule has 0 radical (unpaired) electrons. The number of benzene rings is 1. The predicted molar refractivity (Wildman–Crippen MR) is 76.4 cm³/mol. The summed E-state index contributed by atoms with van der Waals surface area (Å²) in [4.78, 5) is 12.1. The van der Waals surface area contributed by atoms with Crippen LogP contribution in [0.5, 0.6) is 5.75 Å². The minimum absolute atomic E-state index is 0.356. The van der Waals surface area contributed by atoms with Gasteiger partial charge in [0, 0.05) is 0 Å². The first-order valence-electron chi connectivity index (χ1n) is 6.66. The van der Waals surface area contributed by atoms with Crippen molar-refractivity contribution in [2.45, 2.75) is 59.2 Å². The quantitative estimate of drug-likeness (QED) is 0.777. The summed E-state index contributed by atoms with van der Waals surface area (Å²) in [6, 6.07) is 7.75. The topological polar surface area (TPSA) is 35.5 Å². The molecule has 0 saturated carbocycles. The van der Waals surface area contributed by atoms with Crippen molar-refractivity contribution in [3.63, 3.8) is 0 Å². The van der Waals surface area contributed by atoms with Crippen molar-refractivity contribution in [1.29, 1.82) is 0 Å². The highest BCUT2D eigenvalue weighted by Gasteiger charge is 2.35. The van der Waals surface area contributed by atoms with Crippen molar-refractivity contribution in [1.82, 2.24) is 0 Å². The fraction of sp³-hybridized carbons (Fsp3) is 0.562. The summed E-state index contributed by atoms with van der Waals surface area (Å²) in [5, 5.41) is 0. The molecule has 3 heteroatoms. The fourth-order valence-corrected chi connectivity index (χ4v) is 1.61. The molecule has 0 N–H and O–H groups in total. The minimum atomic E-state index is -1.00. The van der Waals surface area contributed by atoms with E-state index in [0.29, 0.717) is 0 Å². The molecule has 1 aromatic carbocycles. The van der Waals surface area contributed by atoms with Crippen LogP contribution in [0.3, 0.4) is 0 Å². The Morgan fingerprint density at radius 3 is 2.21 bits per heavy atom. The van der Waals surface area contributed by atoms with E-state index in [0.717, 1.165) is 17.7 Å². The molecule has 0 saturated heterocycles. The zero-order chi connectivity index (χ0) is 14.7. The lowest BCUT2D eigenvalue weighted by molar-refractivity contribution is -0.170. The van der Waals surface area contributed by atoms with E-state index in [-0.39, 0.29) is 5.97 Å². The van der Waals surface area contributed by atoms with Gasteiger partial charge in [-0.3, -0.25) is 0 Å². The Hall–Kier alpha value is -1.51. The van der Waals surface area contributed by atoms with Crippen molar-refractivity contribution < 1.29 is 14.3 Å². The number of carbonyl (C=O) groups is 1. The Labute approximate surface area is 115 Å². The molecule has 0 aliphatic carbocycles. The number of rotatable bonds is 4. The molecular formula is C16H24O3. The number of para-hydroxylation sites is 1. The Kier molecular flexibility index (Phi) is 4.61. The second-order valence-corrected chi connectivity index (χ2v) is 6.08. The van der Waals surface area contributed by atoms with Crippen LogP contribution in [0.1, 0.15) is 47.1 Å². The maximum absolute atomic E-state index is 12.1. The van der Waals surface area contributed by atoms with Crippen LogP contribution >= 0.6 is 0 Å². The van der Waals surface area contributed by atoms with Gasteiger partial charge in [-0.2, -0.15) is 0 Å². The van der Waals surface area contributed by atoms with Crippen LogP contribution < -0.4 is 4.74 Å². The minimum Gasteiger partial charge on any atom is -0.476 e. The second kappa shape index (κ2) is 5.64. The van der Waals surface area contributed by atoms with Crippen molar-refractivity contribution in [2.24, 2.45) is 0 Å². The summed E-state index contributed by atoms with van der Waals surface area (Å²) in [5.74, 6) is 0.381. The molecule has 0 unspecified atom stereocenters. The smallest absolute Gasteiger partial charge is 0.350 e. The molecule has 0 atom stereocenters. The van der Waals surface area contributed by atoms with Crippen molar-refractivity contribution in [2.75, 3.05) is 0 Å². The second-order valence-electron chi connectivity index (χ2n) is 6.08. The standard InChI is InChI=1S/C16H24O3/c1-7-12-10-8-9-11-13(12)18-16(5,6)14(17)19-15(2,3)4/h8-11H,7H2,1-6H3. The van der Waals surface area contributed by atoms with Crippen LogP contribution in [0.15, 0.2) is 24.3 Å². The Balaban J connectivity index is 2.87. The Morgan fingerprint density at radius 2 is 1.68 bits per heavy atom. The van der Waals surface area contributed by atoms with Gasteiger partial charge in [-0.25, -0.2) is 4.79 Å². The lowest BCUT2D eigenvalue weighted by Gasteiger charge is -2.29. The van der Waals surface area contributed by atoms with Crippen molar-refractivity contribution in [3.05, 3.63) is 29.8 Å². The van der Waals surface area contributed by atoms with Gasteiger partial charge in [0.1, 0.15) is 11.4 Å². The van der Waals surface area contributed by atoms with Gasteiger partial charge in [-0.15, -0.1) is 0 Å². The normalized spacial score (nSPS) is 12.1. The van der Waals surface area contributed by atoms with E-state index in [1.54, 1.807) is 13.8 Å². The summed E-state index contributed by atoms with van der Waals surface area (Å²) in [5.41, 5.74) is -0.431. The first-order chi connectivity index (χ1) is 8.65. The highest BCUT2D eigenvalue weighted by atomic mass is 16.6. The number of aryl methyl sites for hydroxylation is 1. The summed E-state index contributed by atoms with van der Waals surface area (Å²) in [6.45, 7) is 11.1. The monoisotopic (exact) mass is 264 g/mol. The number of hydrogen-bond donors (Lipinski definition) is 0. The van der Waals surface area contributed by atoms with E-state index in [2.05, 4.69) is 6.92 Å². The van der Waals surface area contributed by atoms with Gasteiger partial charge in [-0.05, 0) is 52.7 Å². The molecule has 1 aromatic rings. The molecule has 0 fully saturated rings. The first kappa shape index (κ1) is 15.5. The highest BCUT2D eigenvalue weighted by molar-refractivity contribution is 5.79. The maximum atomic E-state index is 12.1. The molecule has 0 bridgehead atoms. The Morgan fingerprint density at radius 1 is 1.11 bits per heavy atom. The molecule has 0 aliphatic rings. The molecule has 106 valence electrons. The third kappa shape index (κ3) is 4.58. The van der Waals surface area contributed by atoms with Crippen molar-refractivity contribution >= 4 is 5.97 Å². The zero-order valence-electron chi connectivity index (χ0n) is 12.7. The third-order valence-electron chi connectivity index (χ3n) is 2.61. The molecule has 3 nitrogen and oxygen atoms in total. The molecule has 19 heavy (non-hydrogen) atoms. The molecule has 0 aromatic heterocycles. The highest BCUT2D eigenvalue weighted by Crippen LogP contribution is 2.25. The van der Waals surface area contributed by atoms with Gasteiger partial charge in [0.15, 0.2) is 5.60 Å². The van der Waals surface area contributed by atoms with Gasteiger partial charge in [0.2, 0.25) is 0 Å². The summed E-state index contributed by atoms with van der Waals surface area (Å²) in [6.07, 6.45) is 0.862. The Bertz CT molecular complexity index is 442. The number of ether oxygens (including phenoxy) is 2. The maximum Gasteiger partial charge on any atom is 0.350 e. The number of esters is 1. The van der Waals surface area contributed by atoms with Crippen LogP contribution in [0, 0.1) is 0 Å². The fourth-order valence-electron chi connectivity index (χ4n) is 1.61. The lowest BCUT2D eigenvalue weighted by Crippen LogP contribution is -2.43. The molecule has 0 spiro atoms. The molecule has 0 aliphatic heterocycles. The molecule has 0 amide bonds. The first-order valence-corrected chi connectivity index (χ1v) is 6.66. The zero-order valence-corrected chi connectivity index (χ0v) is 12.7. The summed E-state index contributed by atoms with van der Waals surface area (Å²) in [7, 11) is 0. The molecular weight excluding hydrogens is 240 g/mol. The van der Waals surface area contributed by atoms with Crippen LogP contribution in [0.25, 0.3) is 0 Å². The van der Waals surface area contributed by atoms with Gasteiger partial charge in [0.05, 0.1) is 0 Å². The van der Waals surface area contributed by atoms with E-state index in [4.69, 9.17) is 9.47 Å². The van der Waals surface area contributed by atoms with Crippen LogP contribution in [-0.4, -0.2) is 17.2 Å². The largest absolute Gasteiger partial charge is 0.476 e. The van der Waals surface area contributed by atoms with Gasteiger partial charge < -0.3 is 9.47 Å². The van der Waals surface area contributed by atoms with E-state index < -0.39 is 11.2 Å². The summed E-state index contributed by atoms with van der Waals surface area (Å²) < 4.78 is 11.2. The number of hydrogen-bond acceptors (Lipinski definition) is 3. The average Bonchev–Trinajstić information content (AvgIpc) is 2.27. The van der Waals surface area contributed by atoms with Crippen molar-refractivity contribution in [3.8, 4) is 5.75 Å². The van der Waals surface area contributed by atoms with Crippen LogP contribution in [0.4, 0.5) is 0 Å². The molecule has 1 rings (SSSR count). The third-order valence-corrected chi connectivity index (χ3v) is 2.61. The van der Waals surface area contributed by atoms with Gasteiger partial charge >= 0.3 is 5.97 Å². The number of carbonyl (C=O) groups excluding carboxylic acids is 1. The van der Waals surface area contributed by atoms with E-state index in [1.807, 2.05) is 45.0 Å². The van der Waals surface area contributed by atoms with Crippen LogP contribution in [-0.2, 0) is 16.0 Å². The van der Waals surface area contributed by atoms with E-state index >= 15 is 0 Å². The van der Waals surface area contributed by atoms with E-state index in [1.165, 1.54) is 0 Å². The van der Waals surface area contributed by atoms with Crippen LogP contribution in [0.2, 0.25) is 0 Å². The van der Waals surface area contributed by atoms with E-state index in [9.17, 15) is 4.79 Å². The molecule has 0 heterocycles. The van der Waals surface area contributed by atoms with Gasteiger partial charge in [-0.1, -0.05) is 25.1 Å².